The molecular formula is C27H36BrN3O4S. The van der Waals surface area contributed by atoms with Gasteiger partial charge in [-0.1, -0.05) is 59.5 Å². The molecule has 7 nitrogen and oxygen atoms in total. The van der Waals surface area contributed by atoms with Crippen LogP contribution in [0, 0.1) is 13.8 Å². The topological polar surface area (TPSA) is 86.8 Å². The maximum atomic E-state index is 13.7. The molecule has 1 atom stereocenters. The molecule has 9 heteroatoms. The Morgan fingerprint density at radius 3 is 2.39 bits per heavy atom. The molecule has 2 aromatic carbocycles. The fourth-order valence-electron chi connectivity index (χ4n) is 4.58. The molecule has 3 rings (SSSR count). The number of halogens is 1. The van der Waals surface area contributed by atoms with Gasteiger partial charge in [0.25, 0.3) is 0 Å². The lowest BCUT2D eigenvalue weighted by molar-refractivity contribution is -0.139. The van der Waals surface area contributed by atoms with Crippen LogP contribution in [-0.2, 0) is 26.2 Å². The minimum Gasteiger partial charge on any atom is -0.352 e. The van der Waals surface area contributed by atoms with Gasteiger partial charge in [0.15, 0.2) is 0 Å². The van der Waals surface area contributed by atoms with Gasteiger partial charge in [-0.25, -0.2) is 8.42 Å². The Hall–Kier alpha value is -2.39. The summed E-state index contributed by atoms with van der Waals surface area (Å²) in [6.07, 6.45) is 6.31. The van der Waals surface area contributed by atoms with Crippen LogP contribution in [0.25, 0.3) is 0 Å². The van der Waals surface area contributed by atoms with Crippen molar-refractivity contribution in [3.63, 3.8) is 0 Å². The van der Waals surface area contributed by atoms with Gasteiger partial charge < -0.3 is 10.2 Å². The maximum Gasteiger partial charge on any atom is 0.244 e. The number of rotatable bonds is 9. The highest BCUT2D eigenvalue weighted by molar-refractivity contribution is 9.10. The van der Waals surface area contributed by atoms with E-state index >= 15 is 0 Å². The zero-order chi connectivity index (χ0) is 26.5. The van der Waals surface area contributed by atoms with Gasteiger partial charge in [-0.3, -0.25) is 13.9 Å². The van der Waals surface area contributed by atoms with Gasteiger partial charge in [0.2, 0.25) is 21.8 Å². The zero-order valence-electron chi connectivity index (χ0n) is 21.5. The number of benzene rings is 2. The molecule has 0 radical (unpaired) electrons. The molecule has 1 aliphatic carbocycles. The van der Waals surface area contributed by atoms with Gasteiger partial charge in [0.1, 0.15) is 12.6 Å². The molecule has 1 saturated carbocycles. The van der Waals surface area contributed by atoms with Crippen LogP contribution < -0.4 is 9.62 Å². The van der Waals surface area contributed by atoms with Crippen molar-refractivity contribution in [3.8, 4) is 0 Å². The molecule has 0 spiro atoms. The van der Waals surface area contributed by atoms with E-state index in [9.17, 15) is 18.0 Å². The first-order chi connectivity index (χ1) is 17.0. The van der Waals surface area contributed by atoms with Crippen LogP contribution in [0.3, 0.4) is 0 Å². The summed E-state index contributed by atoms with van der Waals surface area (Å²) >= 11 is 3.46. The minimum absolute atomic E-state index is 0.110. The molecule has 0 bridgehead atoms. The highest BCUT2D eigenvalue weighted by atomic mass is 79.9. The van der Waals surface area contributed by atoms with Crippen LogP contribution in [-0.4, -0.2) is 50.0 Å². The van der Waals surface area contributed by atoms with Crippen LogP contribution in [0.1, 0.15) is 55.7 Å². The number of amides is 2. The third-order valence-corrected chi connectivity index (χ3v) is 8.50. The first-order valence-corrected chi connectivity index (χ1v) is 15.0. The van der Waals surface area contributed by atoms with Gasteiger partial charge in [-0.2, -0.15) is 0 Å². The third kappa shape index (κ3) is 7.32. The molecular weight excluding hydrogens is 542 g/mol. The third-order valence-electron chi connectivity index (χ3n) is 6.88. The first kappa shape index (κ1) is 28.2. The number of hydrogen-bond donors (Lipinski definition) is 1. The maximum absolute atomic E-state index is 13.7. The van der Waals surface area contributed by atoms with Crippen molar-refractivity contribution in [2.75, 3.05) is 17.1 Å². The molecule has 36 heavy (non-hydrogen) atoms. The molecule has 2 aromatic rings. The zero-order valence-corrected chi connectivity index (χ0v) is 23.9. The normalized spacial score (nSPS) is 15.2. The summed E-state index contributed by atoms with van der Waals surface area (Å²) in [5.41, 5.74) is 3.03. The Morgan fingerprint density at radius 2 is 1.75 bits per heavy atom. The van der Waals surface area contributed by atoms with Crippen LogP contribution in [0.5, 0.6) is 0 Å². The Bertz CT molecular complexity index is 1200. The van der Waals surface area contributed by atoms with E-state index in [0.717, 1.165) is 57.4 Å². The van der Waals surface area contributed by atoms with Crippen LogP contribution in [0.2, 0.25) is 0 Å². The van der Waals surface area contributed by atoms with E-state index in [1.807, 2.05) is 44.2 Å². The van der Waals surface area contributed by atoms with Crippen molar-refractivity contribution in [2.45, 2.75) is 71.5 Å². The molecule has 0 aliphatic heterocycles. The second-order valence-corrected chi connectivity index (χ2v) is 12.5. The Balaban J connectivity index is 1.90. The van der Waals surface area contributed by atoms with E-state index in [2.05, 4.69) is 21.2 Å². The average molecular weight is 579 g/mol. The molecule has 196 valence electrons. The second kappa shape index (κ2) is 12.2. The number of anilines is 1. The highest BCUT2D eigenvalue weighted by Crippen LogP contribution is 2.26. The van der Waals surface area contributed by atoms with Gasteiger partial charge in [-0.15, -0.1) is 0 Å². The predicted molar refractivity (Wildman–Crippen MR) is 147 cm³/mol. The predicted octanol–water partition coefficient (Wildman–Crippen LogP) is 4.70. The summed E-state index contributed by atoms with van der Waals surface area (Å²) in [4.78, 5) is 28.4. The van der Waals surface area contributed by atoms with Crippen molar-refractivity contribution in [3.05, 3.63) is 63.6 Å². The largest absolute Gasteiger partial charge is 0.352 e. The van der Waals surface area contributed by atoms with E-state index in [1.54, 1.807) is 19.1 Å². The Kier molecular flexibility index (Phi) is 9.58. The number of nitrogens with one attached hydrogen (secondary N) is 1. The van der Waals surface area contributed by atoms with Gasteiger partial charge in [-0.05, 0) is 68.5 Å². The minimum atomic E-state index is -3.76. The summed E-state index contributed by atoms with van der Waals surface area (Å²) < 4.78 is 27.6. The van der Waals surface area contributed by atoms with Crippen LogP contribution in [0.4, 0.5) is 5.69 Å². The fraction of sp³-hybridized carbons (Fsp3) is 0.481. The van der Waals surface area contributed by atoms with E-state index in [-0.39, 0.29) is 18.5 Å². The second-order valence-electron chi connectivity index (χ2n) is 9.66. The Labute approximate surface area is 223 Å². The molecule has 2 amide bonds. The van der Waals surface area contributed by atoms with E-state index < -0.39 is 28.5 Å². The van der Waals surface area contributed by atoms with Gasteiger partial charge in [0.05, 0.1) is 11.9 Å². The molecule has 0 heterocycles. The number of carbonyl (C=O) groups excluding carboxylic acids is 2. The number of carbonyl (C=O) groups is 2. The quantitative estimate of drug-likeness (QED) is 0.468. The van der Waals surface area contributed by atoms with Crippen molar-refractivity contribution >= 4 is 43.5 Å². The van der Waals surface area contributed by atoms with Crippen molar-refractivity contribution in [2.24, 2.45) is 0 Å². The molecule has 0 aromatic heterocycles. The average Bonchev–Trinajstić information content (AvgIpc) is 2.82. The number of sulfonamides is 1. The summed E-state index contributed by atoms with van der Waals surface area (Å²) in [5, 5.41) is 3.11. The summed E-state index contributed by atoms with van der Waals surface area (Å²) in [6, 6.07) is 12.3. The van der Waals surface area contributed by atoms with Crippen molar-refractivity contribution in [1.29, 1.82) is 0 Å². The SMILES string of the molecule is Cc1cccc(N(CC(=O)N(Cc2cccc(Br)c2)[C@@H](C)C(=O)NC2CCCCC2)S(C)(=O)=O)c1C. The first-order valence-electron chi connectivity index (χ1n) is 12.4. The standard InChI is InChI=1S/C27H36BrN3O4S/c1-19-10-8-15-25(20(19)2)31(36(4,34)35)18-26(32)30(17-22-11-9-12-23(28)16-22)21(3)27(33)29-24-13-6-5-7-14-24/h8-12,15-16,21,24H,5-7,13-14,17-18H2,1-4H3,(H,29,33)/t21-/m0/s1. The van der Waals surface area contributed by atoms with Gasteiger partial charge >= 0.3 is 0 Å². The Morgan fingerprint density at radius 1 is 1.08 bits per heavy atom. The lowest BCUT2D eigenvalue weighted by Crippen LogP contribution is -2.53. The smallest absolute Gasteiger partial charge is 0.244 e. The van der Waals surface area contributed by atoms with Crippen LogP contribution >= 0.6 is 15.9 Å². The van der Waals surface area contributed by atoms with E-state index in [0.29, 0.717) is 5.69 Å². The number of hydrogen-bond acceptors (Lipinski definition) is 4. The van der Waals surface area contributed by atoms with Crippen LogP contribution in [0.15, 0.2) is 46.9 Å². The lowest BCUT2D eigenvalue weighted by atomic mass is 9.95. The molecule has 0 unspecified atom stereocenters. The van der Waals surface area contributed by atoms with Gasteiger partial charge in [0, 0.05) is 17.1 Å². The highest BCUT2D eigenvalue weighted by Gasteiger charge is 2.31. The fourth-order valence-corrected chi connectivity index (χ4v) is 5.93. The summed E-state index contributed by atoms with van der Waals surface area (Å²) in [6.45, 7) is 5.24. The van der Waals surface area contributed by atoms with Crippen molar-refractivity contribution < 1.29 is 18.0 Å². The van der Waals surface area contributed by atoms with E-state index in [1.165, 1.54) is 11.3 Å². The number of aryl methyl sites for hydroxylation is 1. The van der Waals surface area contributed by atoms with E-state index in [4.69, 9.17) is 0 Å². The summed E-state index contributed by atoms with van der Waals surface area (Å²) in [7, 11) is -3.76. The summed E-state index contributed by atoms with van der Waals surface area (Å²) in [5.74, 6) is -0.657. The monoisotopic (exact) mass is 577 g/mol. The number of nitrogens with zero attached hydrogens (tertiary/aromatic N) is 2. The van der Waals surface area contributed by atoms with Crippen molar-refractivity contribution in [1.82, 2.24) is 10.2 Å². The molecule has 1 aliphatic rings. The molecule has 1 N–H and O–H groups in total. The lowest BCUT2D eigenvalue weighted by Gasteiger charge is -2.33. The molecule has 1 fully saturated rings. The molecule has 0 saturated heterocycles.